The van der Waals surface area contributed by atoms with Crippen molar-refractivity contribution in [3.05, 3.63) is 71.3 Å². The summed E-state index contributed by atoms with van der Waals surface area (Å²) >= 11 is 0. The summed E-state index contributed by atoms with van der Waals surface area (Å²) in [6, 6.07) is 7.53. The molecule has 140 valence electrons. The molecule has 0 saturated heterocycles. The number of hydrogen-bond donors (Lipinski definition) is 1. The lowest BCUT2D eigenvalue weighted by Crippen LogP contribution is -2.50. The highest BCUT2D eigenvalue weighted by Gasteiger charge is 2.33. The molecule has 1 saturated carbocycles. The van der Waals surface area contributed by atoms with Crippen molar-refractivity contribution < 1.29 is 17.9 Å². The molecule has 1 N–H and O–H groups in total. The molecule has 1 aliphatic rings. The second kappa shape index (κ2) is 7.19. The summed E-state index contributed by atoms with van der Waals surface area (Å²) in [5, 5.41) is 5.03. The summed E-state index contributed by atoms with van der Waals surface area (Å²) in [4.78, 5) is 4.07. The minimum absolute atomic E-state index is 0.0231. The van der Waals surface area contributed by atoms with E-state index in [1.165, 1.54) is 19.1 Å². The summed E-state index contributed by atoms with van der Waals surface area (Å²) < 4.78 is 47.1. The van der Waals surface area contributed by atoms with Gasteiger partial charge in [0.1, 0.15) is 17.7 Å². The third-order valence-corrected chi connectivity index (χ3v) is 5.10. The van der Waals surface area contributed by atoms with Gasteiger partial charge in [0.15, 0.2) is 11.6 Å². The second-order valence-electron chi connectivity index (χ2n) is 6.88. The molecule has 0 unspecified atom stereocenters. The number of ether oxygens (including phenoxy) is 1. The van der Waals surface area contributed by atoms with Crippen LogP contribution < -0.4 is 10.1 Å². The maximum atomic E-state index is 14.3. The smallest absolute Gasteiger partial charge is 0.162 e. The van der Waals surface area contributed by atoms with Gasteiger partial charge in [0.2, 0.25) is 0 Å². The Morgan fingerprint density at radius 2 is 1.96 bits per heavy atom. The van der Waals surface area contributed by atoms with Crippen LogP contribution in [0.15, 0.2) is 42.7 Å². The highest BCUT2D eigenvalue weighted by Crippen LogP contribution is 2.29. The van der Waals surface area contributed by atoms with Crippen molar-refractivity contribution in [2.24, 2.45) is 0 Å². The molecule has 6 heteroatoms. The molecule has 0 radical (unpaired) electrons. The van der Waals surface area contributed by atoms with E-state index in [0.717, 1.165) is 29.7 Å². The quantitative estimate of drug-likeness (QED) is 0.707. The minimum Gasteiger partial charge on any atom is -0.489 e. The van der Waals surface area contributed by atoms with E-state index >= 15 is 0 Å². The van der Waals surface area contributed by atoms with Crippen LogP contribution in [0.4, 0.5) is 13.2 Å². The van der Waals surface area contributed by atoms with Crippen LogP contribution in [0.5, 0.6) is 5.75 Å². The minimum atomic E-state index is -0.916. The molecule has 2 aromatic carbocycles. The largest absolute Gasteiger partial charge is 0.489 e. The first kappa shape index (κ1) is 17.8. The van der Waals surface area contributed by atoms with E-state index in [1.807, 2.05) is 0 Å². The van der Waals surface area contributed by atoms with Gasteiger partial charge in [-0.3, -0.25) is 4.98 Å². The van der Waals surface area contributed by atoms with E-state index in [-0.39, 0.29) is 23.5 Å². The normalized spacial score (nSPS) is 19.1. The zero-order chi connectivity index (χ0) is 19.0. The molecule has 0 amide bonds. The number of aryl methyl sites for hydroxylation is 1. The zero-order valence-electron chi connectivity index (χ0n) is 14.8. The van der Waals surface area contributed by atoms with Gasteiger partial charge in [0, 0.05) is 42.0 Å². The Bertz CT molecular complexity index is 969. The fraction of sp³-hybridized carbons (Fsp3) is 0.286. The van der Waals surface area contributed by atoms with Gasteiger partial charge in [-0.05, 0) is 55.0 Å². The van der Waals surface area contributed by atoms with Gasteiger partial charge in [-0.15, -0.1) is 0 Å². The van der Waals surface area contributed by atoms with Crippen LogP contribution in [0, 0.1) is 24.4 Å². The first-order valence-corrected chi connectivity index (χ1v) is 8.89. The lowest BCUT2D eigenvalue weighted by atomic mass is 9.88. The first-order valence-electron chi connectivity index (χ1n) is 8.89. The Balaban J connectivity index is 1.45. The monoisotopic (exact) mass is 372 g/mol. The topological polar surface area (TPSA) is 34.1 Å². The molecule has 3 nitrogen and oxygen atoms in total. The Morgan fingerprint density at radius 3 is 2.70 bits per heavy atom. The number of benzene rings is 2. The van der Waals surface area contributed by atoms with Crippen molar-refractivity contribution in [3.63, 3.8) is 0 Å². The van der Waals surface area contributed by atoms with Gasteiger partial charge in [-0.25, -0.2) is 13.2 Å². The molecule has 27 heavy (non-hydrogen) atoms. The molecule has 1 heterocycles. The van der Waals surface area contributed by atoms with Crippen LogP contribution in [-0.2, 0) is 6.54 Å². The third kappa shape index (κ3) is 3.49. The number of fused-ring (bicyclic) bond motifs is 1. The molecule has 4 rings (SSSR count). The predicted molar refractivity (Wildman–Crippen MR) is 97.1 cm³/mol. The molecular formula is C21H19F3N2O. The van der Waals surface area contributed by atoms with Crippen molar-refractivity contribution in [2.45, 2.75) is 38.5 Å². The Morgan fingerprint density at radius 1 is 1.11 bits per heavy atom. The van der Waals surface area contributed by atoms with Crippen molar-refractivity contribution in [2.75, 3.05) is 0 Å². The molecule has 3 aromatic rings. The van der Waals surface area contributed by atoms with Crippen LogP contribution in [0.2, 0.25) is 0 Å². The van der Waals surface area contributed by atoms with Gasteiger partial charge >= 0.3 is 0 Å². The molecule has 0 bridgehead atoms. The number of halogens is 3. The highest BCUT2D eigenvalue weighted by molar-refractivity contribution is 5.84. The van der Waals surface area contributed by atoms with Crippen LogP contribution in [0.25, 0.3) is 10.8 Å². The molecule has 2 atom stereocenters. The summed E-state index contributed by atoms with van der Waals surface area (Å²) in [6.07, 6.45) is 4.87. The average Bonchev–Trinajstić information content (AvgIpc) is 2.65. The van der Waals surface area contributed by atoms with E-state index in [0.29, 0.717) is 17.9 Å². The second-order valence-corrected chi connectivity index (χ2v) is 6.88. The van der Waals surface area contributed by atoms with E-state index in [1.54, 1.807) is 24.5 Å². The summed E-state index contributed by atoms with van der Waals surface area (Å²) in [6.45, 7) is 1.86. The fourth-order valence-corrected chi connectivity index (χ4v) is 3.40. The molecular weight excluding hydrogens is 353 g/mol. The zero-order valence-corrected chi connectivity index (χ0v) is 14.8. The fourth-order valence-electron chi connectivity index (χ4n) is 3.40. The van der Waals surface area contributed by atoms with E-state index < -0.39 is 11.6 Å². The van der Waals surface area contributed by atoms with Gasteiger partial charge in [-0.1, -0.05) is 0 Å². The van der Waals surface area contributed by atoms with Gasteiger partial charge in [-0.2, -0.15) is 0 Å². The highest BCUT2D eigenvalue weighted by atomic mass is 19.2. The Hall–Kier alpha value is -2.60. The van der Waals surface area contributed by atoms with Crippen LogP contribution in [0.3, 0.4) is 0 Å². The maximum absolute atomic E-state index is 14.3. The number of nitrogens with zero attached hydrogens (tertiary/aromatic N) is 1. The average molecular weight is 372 g/mol. The SMILES string of the molecule is Cc1cc(O[C@@H]2CC[C@H]2NCc2c(F)ccc3cnccc23)cc(F)c1F. The summed E-state index contributed by atoms with van der Waals surface area (Å²) in [5.74, 6) is -1.73. The number of hydrogen-bond acceptors (Lipinski definition) is 3. The van der Waals surface area contributed by atoms with Crippen LogP contribution in [-0.4, -0.2) is 17.1 Å². The lowest BCUT2D eigenvalue weighted by Gasteiger charge is -2.37. The van der Waals surface area contributed by atoms with Crippen LogP contribution >= 0.6 is 0 Å². The standard InChI is InChI=1S/C21H19F3N2O/c1-12-8-14(9-18(23)21(12)24)27-20-5-4-19(20)26-11-16-15-6-7-25-10-13(15)2-3-17(16)22/h2-3,6-10,19-20,26H,4-5,11H2,1H3/t19-,20-/m1/s1. The van der Waals surface area contributed by atoms with Gasteiger partial charge < -0.3 is 10.1 Å². The molecule has 1 aromatic heterocycles. The van der Waals surface area contributed by atoms with Crippen molar-refractivity contribution >= 4 is 10.8 Å². The number of aromatic nitrogens is 1. The molecule has 1 aliphatic carbocycles. The molecule has 0 aliphatic heterocycles. The van der Waals surface area contributed by atoms with E-state index in [9.17, 15) is 13.2 Å². The predicted octanol–water partition coefficient (Wildman–Crippen LogP) is 4.66. The first-order chi connectivity index (χ1) is 13.0. The summed E-state index contributed by atoms with van der Waals surface area (Å²) in [5.41, 5.74) is 0.796. The number of pyridine rings is 1. The van der Waals surface area contributed by atoms with Crippen molar-refractivity contribution in [1.29, 1.82) is 0 Å². The maximum Gasteiger partial charge on any atom is 0.162 e. The van der Waals surface area contributed by atoms with Crippen LogP contribution in [0.1, 0.15) is 24.0 Å². The number of nitrogens with one attached hydrogen (secondary N) is 1. The molecule has 1 fully saturated rings. The van der Waals surface area contributed by atoms with E-state index in [2.05, 4.69) is 10.3 Å². The number of rotatable bonds is 5. The Labute approximate surface area is 155 Å². The van der Waals surface area contributed by atoms with Crippen molar-refractivity contribution in [1.82, 2.24) is 10.3 Å². The van der Waals surface area contributed by atoms with Gasteiger partial charge in [0.25, 0.3) is 0 Å². The summed E-state index contributed by atoms with van der Waals surface area (Å²) in [7, 11) is 0. The van der Waals surface area contributed by atoms with E-state index in [4.69, 9.17) is 4.74 Å². The molecule has 0 spiro atoms. The van der Waals surface area contributed by atoms with Gasteiger partial charge in [0.05, 0.1) is 0 Å². The Kier molecular flexibility index (Phi) is 4.74. The van der Waals surface area contributed by atoms with Crippen molar-refractivity contribution in [3.8, 4) is 5.75 Å². The third-order valence-electron chi connectivity index (χ3n) is 5.10. The lowest BCUT2D eigenvalue weighted by molar-refractivity contribution is 0.0712.